The van der Waals surface area contributed by atoms with Gasteiger partial charge in [-0.05, 0) is 41.9 Å². The average Bonchev–Trinajstić information content (AvgIpc) is 3.20. The quantitative estimate of drug-likeness (QED) is 0.441. The maximum Gasteiger partial charge on any atom is 0.407 e. The molecule has 0 aromatic heterocycles. The van der Waals surface area contributed by atoms with Crippen LogP contribution in [-0.2, 0) is 20.9 Å². The van der Waals surface area contributed by atoms with Crippen LogP contribution >= 0.6 is 0 Å². The first kappa shape index (κ1) is 25.9. The van der Waals surface area contributed by atoms with Crippen molar-refractivity contribution in [3.8, 4) is 11.1 Å². The molecular weight excluding hydrogens is 470 g/mol. The van der Waals surface area contributed by atoms with Crippen molar-refractivity contribution in [2.75, 3.05) is 33.8 Å². The minimum atomic E-state index is -1.13. The topological polar surface area (TPSA) is 99.2 Å². The molecule has 0 fully saturated rings. The lowest BCUT2D eigenvalue weighted by molar-refractivity contribution is -0.145. The van der Waals surface area contributed by atoms with Crippen LogP contribution in [0.1, 0.15) is 22.6 Å². The van der Waals surface area contributed by atoms with E-state index in [1.54, 1.807) is 19.0 Å². The molecule has 0 saturated heterocycles. The van der Waals surface area contributed by atoms with Gasteiger partial charge in [0.1, 0.15) is 19.2 Å². The molecule has 1 aliphatic rings. The van der Waals surface area contributed by atoms with Crippen LogP contribution in [0.3, 0.4) is 0 Å². The summed E-state index contributed by atoms with van der Waals surface area (Å²) in [6.45, 7) is -0.0637. The average molecular weight is 502 g/mol. The number of fused-ring (bicyclic) bond motifs is 3. The van der Waals surface area contributed by atoms with Crippen molar-refractivity contribution in [2.24, 2.45) is 0 Å². The summed E-state index contributed by atoms with van der Waals surface area (Å²) < 4.78 is 5.63. The largest absolute Gasteiger partial charge is 0.480 e. The summed E-state index contributed by atoms with van der Waals surface area (Å²) in [7, 11) is 3.55. The highest BCUT2D eigenvalue weighted by molar-refractivity contribution is 5.88. The van der Waals surface area contributed by atoms with Crippen LogP contribution in [0, 0.1) is 0 Å². The normalized spacial score (nSPS) is 12.9. The fraction of sp³-hybridized carbons (Fsp3) is 0.276. The molecule has 192 valence electrons. The molecule has 1 atom stereocenters. The van der Waals surface area contributed by atoms with Crippen molar-refractivity contribution in [3.05, 3.63) is 95.6 Å². The number of aliphatic carboxylic acids is 1. The number of nitrogens with zero attached hydrogens (tertiary/aromatic N) is 2. The number of hydrogen-bond acceptors (Lipinski definition) is 5. The first-order chi connectivity index (χ1) is 17.8. The van der Waals surface area contributed by atoms with Gasteiger partial charge < -0.3 is 25.0 Å². The van der Waals surface area contributed by atoms with Crippen molar-refractivity contribution in [1.29, 1.82) is 0 Å². The van der Waals surface area contributed by atoms with Crippen molar-refractivity contribution in [3.63, 3.8) is 0 Å². The van der Waals surface area contributed by atoms with Crippen LogP contribution in [0.15, 0.2) is 78.9 Å². The highest BCUT2D eigenvalue weighted by atomic mass is 16.5. The molecule has 2 amide bonds. The number of likely N-dealkylation sites (N-methyl/N-ethyl adjacent to an activating group) is 1. The van der Waals surface area contributed by atoms with E-state index in [9.17, 15) is 19.5 Å². The van der Waals surface area contributed by atoms with Crippen LogP contribution < -0.4 is 5.32 Å². The molecule has 0 spiro atoms. The maximum absolute atomic E-state index is 13.4. The zero-order valence-electron chi connectivity index (χ0n) is 21.0. The molecular formula is C29H31N3O5. The Bertz CT molecular complexity index is 1220. The lowest BCUT2D eigenvalue weighted by Crippen LogP contribution is -2.53. The van der Waals surface area contributed by atoms with Gasteiger partial charge in [0.15, 0.2) is 0 Å². The number of alkyl carbamates (subject to hydrolysis) is 1. The molecule has 37 heavy (non-hydrogen) atoms. The number of nitrogens with one attached hydrogen (secondary N) is 1. The van der Waals surface area contributed by atoms with Crippen molar-refractivity contribution < 1.29 is 24.2 Å². The Balaban J connectivity index is 1.46. The van der Waals surface area contributed by atoms with Crippen LogP contribution in [0.5, 0.6) is 0 Å². The monoisotopic (exact) mass is 501 g/mol. The second-order valence-electron chi connectivity index (χ2n) is 9.36. The number of carbonyl (C=O) groups is 3. The van der Waals surface area contributed by atoms with Crippen LogP contribution in [0.2, 0.25) is 0 Å². The Hall–Kier alpha value is -4.17. The molecule has 4 rings (SSSR count). The van der Waals surface area contributed by atoms with Gasteiger partial charge in [-0.25, -0.2) is 4.79 Å². The van der Waals surface area contributed by atoms with E-state index in [1.807, 2.05) is 66.7 Å². The van der Waals surface area contributed by atoms with Gasteiger partial charge >= 0.3 is 12.1 Å². The number of carbonyl (C=O) groups excluding carboxylic acids is 2. The number of hydrogen-bond donors (Lipinski definition) is 2. The lowest BCUT2D eigenvalue weighted by Gasteiger charge is -2.28. The second-order valence-corrected chi connectivity index (χ2v) is 9.36. The minimum absolute atomic E-state index is 0.109. The minimum Gasteiger partial charge on any atom is -0.480 e. The predicted molar refractivity (Wildman–Crippen MR) is 140 cm³/mol. The fourth-order valence-electron chi connectivity index (χ4n) is 4.73. The zero-order chi connectivity index (χ0) is 26.4. The molecule has 0 bridgehead atoms. The van der Waals surface area contributed by atoms with E-state index in [-0.39, 0.29) is 25.6 Å². The zero-order valence-corrected chi connectivity index (χ0v) is 21.0. The summed E-state index contributed by atoms with van der Waals surface area (Å²) in [6.07, 6.45) is -0.725. The van der Waals surface area contributed by atoms with Crippen LogP contribution in [0.4, 0.5) is 4.79 Å². The lowest BCUT2D eigenvalue weighted by atomic mass is 9.98. The molecule has 8 nitrogen and oxygen atoms in total. The Morgan fingerprint density at radius 1 is 0.892 bits per heavy atom. The fourth-order valence-corrected chi connectivity index (χ4v) is 4.73. The SMILES string of the molecule is CN(C)C[C@H](NC(=O)OCC1c2ccccc2-c2ccccc21)C(=O)N(CC(=O)O)Cc1ccccc1. The van der Waals surface area contributed by atoms with E-state index in [2.05, 4.69) is 17.4 Å². The second kappa shape index (κ2) is 11.7. The van der Waals surface area contributed by atoms with E-state index in [4.69, 9.17) is 4.74 Å². The van der Waals surface area contributed by atoms with E-state index in [1.165, 1.54) is 4.90 Å². The highest BCUT2D eigenvalue weighted by Crippen LogP contribution is 2.44. The Kier molecular flexibility index (Phi) is 8.20. The van der Waals surface area contributed by atoms with Crippen LogP contribution in [0.25, 0.3) is 11.1 Å². The van der Waals surface area contributed by atoms with E-state index >= 15 is 0 Å². The smallest absolute Gasteiger partial charge is 0.407 e. The van der Waals surface area contributed by atoms with E-state index in [0.29, 0.717) is 0 Å². The molecule has 0 radical (unpaired) electrons. The molecule has 0 heterocycles. The molecule has 3 aromatic carbocycles. The summed E-state index contributed by atoms with van der Waals surface area (Å²) >= 11 is 0. The number of carboxylic acid groups (broad SMARTS) is 1. The van der Waals surface area contributed by atoms with Crippen molar-refractivity contribution >= 4 is 18.0 Å². The summed E-state index contributed by atoms with van der Waals surface area (Å²) in [6, 6.07) is 24.3. The van der Waals surface area contributed by atoms with Crippen molar-refractivity contribution in [2.45, 2.75) is 18.5 Å². The number of ether oxygens (including phenoxy) is 1. The maximum atomic E-state index is 13.4. The van der Waals surface area contributed by atoms with Crippen LogP contribution in [-0.4, -0.2) is 72.7 Å². The summed E-state index contributed by atoms with van der Waals surface area (Å²) in [5.41, 5.74) is 5.22. The molecule has 0 aliphatic heterocycles. The molecule has 1 aliphatic carbocycles. The standard InChI is InChI=1S/C29H31N3O5/c1-31(2)17-26(28(35)32(18-27(33)34)16-20-10-4-3-5-11-20)30-29(36)37-19-25-23-14-8-6-12-21(23)22-13-7-9-15-24(22)25/h3-15,25-26H,16-19H2,1-2H3,(H,30,36)(H,33,34)/t26-/m0/s1. The van der Waals surface area contributed by atoms with Gasteiger partial charge in [-0.3, -0.25) is 9.59 Å². The van der Waals surface area contributed by atoms with Gasteiger partial charge in [0, 0.05) is 19.0 Å². The predicted octanol–water partition coefficient (Wildman–Crippen LogP) is 3.57. The van der Waals surface area contributed by atoms with Gasteiger partial charge in [-0.15, -0.1) is 0 Å². The molecule has 0 unspecified atom stereocenters. The molecule has 3 aromatic rings. The first-order valence-corrected chi connectivity index (χ1v) is 12.1. The van der Waals surface area contributed by atoms with Gasteiger partial charge in [0.25, 0.3) is 0 Å². The summed E-state index contributed by atoms with van der Waals surface area (Å²) in [5, 5.41) is 12.1. The third-order valence-electron chi connectivity index (χ3n) is 6.34. The number of rotatable bonds is 10. The summed E-state index contributed by atoms with van der Waals surface area (Å²) in [5.74, 6) is -1.73. The number of carboxylic acids is 1. The Labute approximate surface area is 216 Å². The van der Waals surface area contributed by atoms with E-state index < -0.39 is 30.6 Å². The van der Waals surface area contributed by atoms with E-state index in [0.717, 1.165) is 27.8 Å². The third kappa shape index (κ3) is 6.34. The third-order valence-corrected chi connectivity index (χ3v) is 6.34. The van der Waals surface area contributed by atoms with Gasteiger partial charge in [0.2, 0.25) is 5.91 Å². The Morgan fingerprint density at radius 2 is 1.46 bits per heavy atom. The summed E-state index contributed by atoms with van der Waals surface area (Å²) in [4.78, 5) is 40.8. The van der Waals surface area contributed by atoms with Gasteiger partial charge in [-0.1, -0.05) is 78.9 Å². The van der Waals surface area contributed by atoms with Crippen molar-refractivity contribution in [1.82, 2.24) is 15.1 Å². The molecule has 2 N–H and O–H groups in total. The highest BCUT2D eigenvalue weighted by Gasteiger charge is 2.31. The first-order valence-electron chi connectivity index (χ1n) is 12.1. The Morgan fingerprint density at radius 3 is 2.03 bits per heavy atom. The van der Waals surface area contributed by atoms with Gasteiger partial charge in [0.05, 0.1) is 0 Å². The molecule has 8 heteroatoms. The van der Waals surface area contributed by atoms with Gasteiger partial charge in [-0.2, -0.15) is 0 Å². The number of benzene rings is 3. The number of amides is 2. The molecule has 0 saturated carbocycles.